The van der Waals surface area contributed by atoms with Crippen LogP contribution >= 0.6 is 11.6 Å². The minimum atomic E-state index is -0.606. The molecule has 2 fully saturated rings. The molecule has 0 bridgehead atoms. The summed E-state index contributed by atoms with van der Waals surface area (Å²) in [6, 6.07) is 6.24. The fraction of sp³-hybridized carbons (Fsp3) is 0.455. The van der Waals surface area contributed by atoms with Crippen LogP contribution in [0.15, 0.2) is 42.0 Å². The molecule has 3 atom stereocenters. The van der Waals surface area contributed by atoms with Crippen molar-refractivity contribution in [3.8, 4) is 0 Å². The van der Waals surface area contributed by atoms with Crippen LogP contribution in [-0.4, -0.2) is 47.0 Å². The molecule has 0 saturated carbocycles. The standard InChI is InChI=1S/C22H24ClNO4/c23-16-10-8-15(9-11-16)20(25)18-19(14-5-2-1-3-6-14)24(22(27)21(18)26)13-17-7-4-12-28-17/h1-2,8-11,14,17,19,25H,3-7,12-13H2/t14-,17+,19-/m1/s1. The summed E-state index contributed by atoms with van der Waals surface area (Å²) in [7, 11) is 0. The zero-order valence-corrected chi connectivity index (χ0v) is 16.4. The van der Waals surface area contributed by atoms with Gasteiger partial charge in [0.2, 0.25) is 0 Å². The number of Topliss-reactive ketones (excluding diaryl/α,β-unsaturated/α-hetero) is 1. The number of ether oxygens (including phenoxy) is 1. The number of hydrogen-bond donors (Lipinski definition) is 1. The maximum atomic E-state index is 12.9. The third kappa shape index (κ3) is 3.61. The summed E-state index contributed by atoms with van der Waals surface area (Å²) in [5.74, 6) is -1.16. The number of likely N-dealkylation sites (tertiary alicyclic amines) is 1. The van der Waals surface area contributed by atoms with Crippen molar-refractivity contribution < 1.29 is 19.4 Å². The Kier molecular flexibility index (Phi) is 5.56. The largest absolute Gasteiger partial charge is 0.507 e. The van der Waals surface area contributed by atoms with Gasteiger partial charge in [0.1, 0.15) is 5.76 Å². The number of benzene rings is 1. The number of aliphatic hydroxyl groups is 1. The topological polar surface area (TPSA) is 66.8 Å². The van der Waals surface area contributed by atoms with Gasteiger partial charge >= 0.3 is 0 Å². The monoisotopic (exact) mass is 401 g/mol. The van der Waals surface area contributed by atoms with Crippen molar-refractivity contribution in [1.29, 1.82) is 0 Å². The van der Waals surface area contributed by atoms with Crippen molar-refractivity contribution in [2.45, 2.75) is 44.2 Å². The molecule has 1 aliphatic carbocycles. The highest BCUT2D eigenvalue weighted by molar-refractivity contribution is 6.46. The predicted octanol–water partition coefficient (Wildman–Crippen LogP) is 3.92. The summed E-state index contributed by atoms with van der Waals surface area (Å²) in [5, 5.41) is 11.5. The molecule has 148 valence electrons. The molecule has 2 saturated heterocycles. The second-order valence-electron chi connectivity index (χ2n) is 7.68. The fourth-order valence-electron chi connectivity index (χ4n) is 4.47. The number of rotatable bonds is 4. The Hall–Kier alpha value is -2.11. The number of halogens is 1. The Bertz CT molecular complexity index is 823. The first-order chi connectivity index (χ1) is 13.6. The van der Waals surface area contributed by atoms with E-state index < -0.39 is 17.7 Å². The van der Waals surface area contributed by atoms with E-state index in [1.54, 1.807) is 29.2 Å². The lowest BCUT2D eigenvalue weighted by Gasteiger charge is -2.33. The number of carbonyl (C=O) groups excluding carboxylic acids is 2. The van der Waals surface area contributed by atoms with Crippen LogP contribution < -0.4 is 0 Å². The van der Waals surface area contributed by atoms with E-state index in [1.807, 2.05) is 0 Å². The zero-order chi connectivity index (χ0) is 19.7. The van der Waals surface area contributed by atoms with Gasteiger partial charge in [-0.3, -0.25) is 9.59 Å². The van der Waals surface area contributed by atoms with Gasteiger partial charge in [0.25, 0.3) is 11.7 Å². The minimum absolute atomic E-state index is 0.0459. The summed E-state index contributed by atoms with van der Waals surface area (Å²) in [5.41, 5.74) is 0.710. The Morgan fingerprint density at radius 3 is 2.61 bits per heavy atom. The Morgan fingerprint density at radius 2 is 1.96 bits per heavy atom. The van der Waals surface area contributed by atoms with Crippen molar-refractivity contribution in [1.82, 2.24) is 4.90 Å². The van der Waals surface area contributed by atoms with Crippen molar-refractivity contribution in [3.63, 3.8) is 0 Å². The molecule has 1 amide bonds. The van der Waals surface area contributed by atoms with E-state index in [0.29, 0.717) is 23.7 Å². The lowest BCUT2D eigenvalue weighted by Crippen LogP contribution is -2.43. The second kappa shape index (κ2) is 8.10. The third-order valence-electron chi connectivity index (χ3n) is 5.88. The van der Waals surface area contributed by atoms with Crippen LogP contribution in [-0.2, 0) is 14.3 Å². The van der Waals surface area contributed by atoms with E-state index in [-0.39, 0.29) is 23.4 Å². The second-order valence-corrected chi connectivity index (χ2v) is 8.12. The van der Waals surface area contributed by atoms with E-state index in [9.17, 15) is 14.7 Å². The van der Waals surface area contributed by atoms with E-state index in [4.69, 9.17) is 16.3 Å². The molecule has 2 heterocycles. The number of amides is 1. The number of ketones is 1. The van der Waals surface area contributed by atoms with Gasteiger partial charge in [-0.25, -0.2) is 0 Å². The van der Waals surface area contributed by atoms with Gasteiger partial charge in [-0.05, 0) is 62.3 Å². The molecule has 0 spiro atoms. The van der Waals surface area contributed by atoms with Crippen molar-refractivity contribution in [2.75, 3.05) is 13.2 Å². The van der Waals surface area contributed by atoms with Crippen molar-refractivity contribution in [3.05, 3.63) is 52.6 Å². The molecular weight excluding hydrogens is 378 g/mol. The van der Waals surface area contributed by atoms with Gasteiger partial charge in [-0.15, -0.1) is 0 Å². The Labute approximate surface area is 169 Å². The average molecular weight is 402 g/mol. The summed E-state index contributed by atoms with van der Waals surface area (Å²) in [6.45, 7) is 1.09. The number of carbonyl (C=O) groups is 2. The highest BCUT2D eigenvalue weighted by Gasteiger charge is 2.49. The summed E-state index contributed by atoms with van der Waals surface area (Å²) in [6.07, 6.45) is 8.60. The minimum Gasteiger partial charge on any atom is -0.507 e. The van der Waals surface area contributed by atoms with E-state index in [0.717, 1.165) is 32.1 Å². The maximum absolute atomic E-state index is 12.9. The maximum Gasteiger partial charge on any atom is 0.295 e. The number of hydrogen-bond acceptors (Lipinski definition) is 4. The van der Waals surface area contributed by atoms with Crippen LogP contribution in [0.25, 0.3) is 5.76 Å². The highest BCUT2D eigenvalue weighted by atomic mass is 35.5. The molecule has 1 N–H and O–H groups in total. The van der Waals surface area contributed by atoms with E-state index in [1.165, 1.54) is 0 Å². The van der Waals surface area contributed by atoms with Crippen LogP contribution in [0.3, 0.4) is 0 Å². The normalized spacial score (nSPS) is 29.6. The van der Waals surface area contributed by atoms with Crippen LogP contribution in [0.4, 0.5) is 0 Å². The summed E-state index contributed by atoms with van der Waals surface area (Å²) in [4.78, 5) is 27.5. The molecule has 6 heteroatoms. The molecule has 5 nitrogen and oxygen atoms in total. The average Bonchev–Trinajstić information content (AvgIpc) is 3.31. The molecule has 0 aromatic heterocycles. The molecular formula is C22H24ClNO4. The SMILES string of the molecule is O=C1C(=O)N(C[C@@H]2CCCO2)[C@H]([C@@H]2CC=CCC2)C1=C(O)c1ccc(Cl)cc1. The molecule has 3 aliphatic rings. The molecule has 4 rings (SSSR count). The molecule has 0 radical (unpaired) electrons. The Morgan fingerprint density at radius 1 is 1.18 bits per heavy atom. The number of allylic oxidation sites excluding steroid dienone is 2. The number of nitrogens with zero attached hydrogens (tertiary/aromatic N) is 1. The highest BCUT2D eigenvalue weighted by Crippen LogP contribution is 2.38. The zero-order valence-electron chi connectivity index (χ0n) is 15.6. The number of aliphatic hydroxyl groups excluding tert-OH is 1. The van der Waals surface area contributed by atoms with E-state index in [2.05, 4.69) is 12.2 Å². The van der Waals surface area contributed by atoms with Crippen LogP contribution in [0, 0.1) is 5.92 Å². The lowest BCUT2D eigenvalue weighted by atomic mass is 9.83. The van der Waals surface area contributed by atoms with Crippen LogP contribution in [0.1, 0.15) is 37.7 Å². The van der Waals surface area contributed by atoms with Crippen molar-refractivity contribution in [2.24, 2.45) is 5.92 Å². The Balaban J connectivity index is 1.74. The van der Waals surface area contributed by atoms with E-state index >= 15 is 0 Å². The smallest absolute Gasteiger partial charge is 0.295 e. The van der Waals surface area contributed by atoms with Gasteiger partial charge in [0.15, 0.2) is 0 Å². The quantitative estimate of drug-likeness (QED) is 0.359. The van der Waals surface area contributed by atoms with Gasteiger partial charge in [0.05, 0.1) is 17.7 Å². The fourth-order valence-corrected chi connectivity index (χ4v) is 4.60. The van der Waals surface area contributed by atoms with Crippen LogP contribution in [0.2, 0.25) is 5.02 Å². The first-order valence-electron chi connectivity index (χ1n) is 9.87. The molecule has 2 aliphatic heterocycles. The van der Waals surface area contributed by atoms with Crippen molar-refractivity contribution >= 4 is 29.1 Å². The van der Waals surface area contributed by atoms with Gasteiger partial charge in [-0.2, -0.15) is 0 Å². The van der Waals surface area contributed by atoms with Gasteiger partial charge in [0, 0.05) is 23.7 Å². The summed E-state index contributed by atoms with van der Waals surface area (Å²) < 4.78 is 5.72. The summed E-state index contributed by atoms with van der Waals surface area (Å²) >= 11 is 5.95. The first-order valence-corrected chi connectivity index (χ1v) is 10.2. The molecule has 1 aromatic rings. The third-order valence-corrected chi connectivity index (χ3v) is 6.14. The van der Waals surface area contributed by atoms with Gasteiger partial charge in [-0.1, -0.05) is 23.8 Å². The first kappa shape index (κ1) is 19.2. The molecule has 1 aromatic carbocycles. The molecule has 0 unspecified atom stereocenters. The van der Waals surface area contributed by atoms with Gasteiger partial charge < -0.3 is 14.7 Å². The lowest BCUT2D eigenvalue weighted by molar-refractivity contribution is -0.141. The predicted molar refractivity (Wildman–Crippen MR) is 107 cm³/mol. The molecule has 28 heavy (non-hydrogen) atoms. The van der Waals surface area contributed by atoms with Crippen LogP contribution in [0.5, 0.6) is 0 Å².